The van der Waals surface area contributed by atoms with Crippen LogP contribution in [0.1, 0.15) is 6.42 Å². The summed E-state index contributed by atoms with van der Waals surface area (Å²) in [5.74, 6) is 0. The lowest BCUT2D eigenvalue weighted by atomic mass is 10.2. The van der Waals surface area contributed by atoms with Crippen LogP contribution in [-0.2, 0) is 0 Å². The number of nitrogens with two attached hydrogens (primary N) is 1. The third kappa shape index (κ3) is 2.82. The summed E-state index contributed by atoms with van der Waals surface area (Å²) in [5, 5.41) is 11.2. The molecule has 1 saturated heterocycles. The Labute approximate surface area is 108 Å². The topological polar surface area (TPSA) is 78.6 Å². The van der Waals surface area contributed by atoms with Crippen molar-refractivity contribution in [3.8, 4) is 0 Å². The molecule has 0 aliphatic carbocycles. The number of carbonyl (C=O) groups is 1. The average molecular weight is 300 g/mol. The first kappa shape index (κ1) is 12.0. The summed E-state index contributed by atoms with van der Waals surface area (Å²) in [6.07, 6.45) is -0.135. The molecule has 1 fully saturated rings. The standard InChI is InChI=1S/C11H14BrN3O2/c12-9-5-8(1-2-10(9)13)15-4-3-7(6-15)14-11(16)17/h1-2,5,7,14H,3-4,6,13H2,(H,16,17). The smallest absolute Gasteiger partial charge is 0.404 e. The number of amides is 1. The minimum Gasteiger partial charge on any atom is -0.465 e. The van der Waals surface area contributed by atoms with E-state index in [2.05, 4.69) is 26.1 Å². The molecule has 0 saturated carbocycles. The minimum atomic E-state index is -0.963. The molecule has 0 bridgehead atoms. The van der Waals surface area contributed by atoms with E-state index in [1.807, 2.05) is 18.2 Å². The Morgan fingerprint density at radius 2 is 2.35 bits per heavy atom. The molecule has 0 spiro atoms. The van der Waals surface area contributed by atoms with Crippen LogP contribution in [0.4, 0.5) is 16.2 Å². The van der Waals surface area contributed by atoms with Gasteiger partial charge in [0, 0.05) is 28.9 Å². The Morgan fingerprint density at radius 1 is 1.59 bits per heavy atom. The monoisotopic (exact) mass is 299 g/mol. The van der Waals surface area contributed by atoms with Gasteiger partial charge in [0.1, 0.15) is 0 Å². The van der Waals surface area contributed by atoms with Crippen LogP contribution in [0.3, 0.4) is 0 Å². The Balaban J connectivity index is 2.04. The molecule has 17 heavy (non-hydrogen) atoms. The van der Waals surface area contributed by atoms with Crippen molar-refractivity contribution in [1.82, 2.24) is 5.32 Å². The van der Waals surface area contributed by atoms with Gasteiger partial charge in [-0.25, -0.2) is 4.79 Å². The second kappa shape index (κ2) is 4.83. The molecule has 4 N–H and O–H groups in total. The van der Waals surface area contributed by atoms with Crippen LogP contribution in [0.25, 0.3) is 0 Å². The maximum Gasteiger partial charge on any atom is 0.404 e. The van der Waals surface area contributed by atoms with Gasteiger partial charge in [-0.15, -0.1) is 0 Å². The molecule has 0 radical (unpaired) electrons. The van der Waals surface area contributed by atoms with E-state index in [9.17, 15) is 4.79 Å². The van der Waals surface area contributed by atoms with Crippen molar-refractivity contribution >= 4 is 33.4 Å². The Kier molecular flexibility index (Phi) is 3.42. The highest BCUT2D eigenvalue weighted by Crippen LogP contribution is 2.27. The van der Waals surface area contributed by atoms with Crippen molar-refractivity contribution in [3.63, 3.8) is 0 Å². The SMILES string of the molecule is Nc1ccc(N2CCC(NC(=O)O)C2)cc1Br. The molecule has 2 rings (SSSR count). The largest absolute Gasteiger partial charge is 0.465 e. The maximum atomic E-state index is 10.5. The zero-order valence-corrected chi connectivity index (χ0v) is 10.8. The molecule has 5 nitrogen and oxygen atoms in total. The molecule has 1 aromatic carbocycles. The van der Waals surface area contributed by atoms with Gasteiger partial charge in [-0.05, 0) is 40.5 Å². The van der Waals surface area contributed by atoms with Gasteiger partial charge in [-0.3, -0.25) is 0 Å². The van der Waals surface area contributed by atoms with E-state index in [4.69, 9.17) is 10.8 Å². The van der Waals surface area contributed by atoms with E-state index in [1.165, 1.54) is 0 Å². The second-order valence-corrected chi connectivity index (χ2v) is 4.94. The lowest BCUT2D eigenvalue weighted by Crippen LogP contribution is -2.36. The van der Waals surface area contributed by atoms with Crippen molar-refractivity contribution in [1.29, 1.82) is 0 Å². The van der Waals surface area contributed by atoms with Gasteiger partial charge in [0.2, 0.25) is 0 Å². The van der Waals surface area contributed by atoms with E-state index in [0.717, 1.165) is 23.1 Å². The first-order chi connectivity index (χ1) is 8.06. The maximum absolute atomic E-state index is 10.5. The predicted octanol–water partition coefficient (Wildman–Crippen LogP) is 1.88. The van der Waals surface area contributed by atoms with Gasteiger partial charge < -0.3 is 21.1 Å². The number of anilines is 2. The van der Waals surface area contributed by atoms with Crippen LogP contribution in [0.2, 0.25) is 0 Å². The van der Waals surface area contributed by atoms with Crippen molar-refractivity contribution in [2.75, 3.05) is 23.7 Å². The Morgan fingerprint density at radius 3 is 3.00 bits per heavy atom. The third-order valence-corrected chi connectivity index (χ3v) is 3.55. The molecular weight excluding hydrogens is 286 g/mol. The highest BCUT2D eigenvalue weighted by molar-refractivity contribution is 9.10. The number of benzene rings is 1. The lowest BCUT2D eigenvalue weighted by Gasteiger charge is -2.19. The van der Waals surface area contributed by atoms with E-state index < -0.39 is 6.09 Å². The number of hydrogen-bond acceptors (Lipinski definition) is 3. The van der Waals surface area contributed by atoms with Crippen LogP contribution >= 0.6 is 15.9 Å². The van der Waals surface area contributed by atoms with Crippen molar-refractivity contribution in [2.24, 2.45) is 0 Å². The molecule has 1 amide bonds. The number of nitrogens with one attached hydrogen (secondary N) is 1. The minimum absolute atomic E-state index is 0.00354. The molecule has 1 atom stereocenters. The molecule has 1 aliphatic heterocycles. The van der Waals surface area contributed by atoms with Gasteiger partial charge in [-0.2, -0.15) is 0 Å². The average Bonchev–Trinajstić information content (AvgIpc) is 2.69. The van der Waals surface area contributed by atoms with Crippen LogP contribution in [-0.4, -0.2) is 30.3 Å². The molecule has 1 unspecified atom stereocenters. The van der Waals surface area contributed by atoms with Gasteiger partial charge in [0.25, 0.3) is 0 Å². The number of nitrogens with zero attached hydrogens (tertiary/aromatic N) is 1. The first-order valence-corrected chi connectivity index (χ1v) is 6.15. The highest BCUT2D eigenvalue weighted by Gasteiger charge is 2.24. The summed E-state index contributed by atoms with van der Waals surface area (Å²) >= 11 is 3.39. The third-order valence-electron chi connectivity index (χ3n) is 2.87. The van der Waals surface area contributed by atoms with Gasteiger partial charge in [-0.1, -0.05) is 0 Å². The summed E-state index contributed by atoms with van der Waals surface area (Å²) in [6.45, 7) is 1.55. The summed E-state index contributed by atoms with van der Waals surface area (Å²) in [6, 6.07) is 5.75. The normalized spacial score (nSPS) is 19.4. The summed E-state index contributed by atoms with van der Waals surface area (Å²) < 4.78 is 0.865. The van der Waals surface area contributed by atoms with Gasteiger partial charge >= 0.3 is 6.09 Å². The lowest BCUT2D eigenvalue weighted by molar-refractivity contribution is 0.191. The van der Waals surface area contributed by atoms with E-state index >= 15 is 0 Å². The van der Waals surface area contributed by atoms with Gasteiger partial charge in [0.05, 0.1) is 6.04 Å². The zero-order chi connectivity index (χ0) is 12.4. The number of rotatable bonds is 2. The van der Waals surface area contributed by atoms with Crippen LogP contribution in [0.15, 0.2) is 22.7 Å². The molecule has 0 aromatic heterocycles. The molecular formula is C11H14BrN3O2. The Bertz CT molecular complexity index is 439. The number of nitrogen functional groups attached to an aromatic ring is 1. The number of hydrogen-bond donors (Lipinski definition) is 3. The highest BCUT2D eigenvalue weighted by atomic mass is 79.9. The number of halogens is 1. The zero-order valence-electron chi connectivity index (χ0n) is 9.19. The fraction of sp³-hybridized carbons (Fsp3) is 0.364. The first-order valence-electron chi connectivity index (χ1n) is 5.35. The Hall–Kier alpha value is -1.43. The van der Waals surface area contributed by atoms with Crippen LogP contribution in [0, 0.1) is 0 Å². The van der Waals surface area contributed by atoms with E-state index in [1.54, 1.807) is 0 Å². The summed E-state index contributed by atoms with van der Waals surface area (Å²) in [5.41, 5.74) is 7.48. The van der Waals surface area contributed by atoms with E-state index in [0.29, 0.717) is 12.2 Å². The second-order valence-electron chi connectivity index (χ2n) is 4.09. The van der Waals surface area contributed by atoms with E-state index in [-0.39, 0.29) is 6.04 Å². The molecule has 1 aliphatic rings. The van der Waals surface area contributed by atoms with Crippen molar-refractivity contribution in [3.05, 3.63) is 22.7 Å². The molecule has 1 heterocycles. The molecule has 92 valence electrons. The predicted molar refractivity (Wildman–Crippen MR) is 70.3 cm³/mol. The van der Waals surface area contributed by atoms with Crippen molar-refractivity contribution < 1.29 is 9.90 Å². The molecule has 1 aromatic rings. The quantitative estimate of drug-likeness (QED) is 0.729. The molecule has 6 heteroatoms. The summed E-state index contributed by atoms with van der Waals surface area (Å²) in [4.78, 5) is 12.7. The summed E-state index contributed by atoms with van der Waals surface area (Å²) in [7, 11) is 0. The fourth-order valence-corrected chi connectivity index (χ4v) is 2.37. The van der Waals surface area contributed by atoms with Crippen LogP contribution < -0.4 is 16.0 Å². The fourth-order valence-electron chi connectivity index (χ4n) is 2.00. The number of carboxylic acid groups (broad SMARTS) is 1. The van der Waals surface area contributed by atoms with Gasteiger partial charge in [0.15, 0.2) is 0 Å². The van der Waals surface area contributed by atoms with Crippen molar-refractivity contribution in [2.45, 2.75) is 12.5 Å². The van der Waals surface area contributed by atoms with Crippen LogP contribution in [0.5, 0.6) is 0 Å².